The third-order valence-corrected chi connectivity index (χ3v) is 2.48. The molecule has 1 aliphatic rings. The van der Waals surface area contributed by atoms with E-state index >= 15 is 0 Å². The summed E-state index contributed by atoms with van der Waals surface area (Å²) in [7, 11) is 0. The van der Waals surface area contributed by atoms with Crippen LogP contribution in [-0.2, 0) is 4.74 Å². The van der Waals surface area contributed by atoms with E-state index < -0.39 is 0 Å². The van der Waals surface area contributed by atoms with Crippen LogP contribution in [0.15, 0.2) is 55.3 Å². The van der Waals surface area contributed by atoms with Gasteiger partial charge in [-0.05, 0) is 11.6 Å². The smallest absolute Gasteiger partial charge is 0.414 e. The highest BCUT2D eigenvalue weighted by molar-refractivity contribution is 5.71. The Hall–Kier alpha value is -2.03. The summed E-state index contributed by atoms with van der Waals surface area (Å²) in [5.41, 5.74) is 1.07. The first-order valence-electron chi connectivity index (χ1n) is 5.12. The maximum atomic E-state index is 11.5. The number of cyclic esters (lactones) is 1. The number of ether oxygens (including phenoxy) is 1. The lowest BCUT2D eigenvalue weighted by atomic mass is 10.1. The van der Waals surface area contributed by atoms with Crippen LogP contribution >= 0.6 is 0 Å². The van der Waals surface area contributed by atoms with E-state index in [9.17, 15) is 4.79 Å². The molecule has 1 aromatic rings. The van der Waals surface area contributed by atoms with Crippen molar-refractivity contribution in [1.29, 1.82) is 0 Å². The summed E-state index contributed by atoms with van der Waals surface area (Å²) in [6.45, 7) is 3.97. The fraction of sp³-hybridized carbons (Fsp3) is 0.154. The topological polar surface area (TPSA) is 29.5 Å². The molecule has 1 aliphatic heterocycles. The number of hydrogen-bond acceptors (Lipinski definition) is 2. The number of rotatable bonds is 3. The van der Waals surface area contributed by atoms with Crippen molar-refractivity contribution >= 4 is 6.09 Å². The molecule has 1 saturated heterocycles. The van der Waals surface area contributed by atoms with Gasteiger partial charge < -0.3 is 4.74 Å². The summed E-state index contributed by atoms with van der Waals surface area (Å²) in [5.74, 6) is 0. The normalized spacial score (nSPS) is 20.1. The Labute approximate surface area is 94.6 Å². The van der Waals surface area contributed by atoms with Gasteiger partial charge in [0.15, 0.2) is 0 Å². The zero-order valence-electron chi connectivity index (χ0n) is 8.87. The molecule has 0 saturated carbocycles. The van der Waals surface area contributed by atoms with Crippen LogP contribution in [-0.4, -0.2) is 17.6 Å². The molecule has 2 rings (SSSR count). The van der Waals surface area contributed by atoms with E-state index in [1.165, 1.54) is 0 Å². The van der Waals surface area contributed by atoms with Crippen LogP contribution in [0, 0.1) is 0 Å². The van der Waals surface area contributed by atoms with Crippen LogP contribution in [0.4, 0.5) is 4.79 Å². The van der Waals surface area contributed by atoms with E-state index in [2.05, 4.69) is 6.58 Å². The number of carbonyl (C=O) groups excluding carboxylic acids is 1. The zero-order valence-corrected chi connectivity index (χ0v) is 8.87. The summed E-state index contributed by atoms with van der Waals surface area (Å²) in [5, 5.41) is 0. The van der Waals surface area contributed by atoms with E-state index in [4.69, 9.17) is 4.74 Å². The number of nitrogens with zero attached hydrogens (tertiary/aromatic N) is 1. The molecule has 0 aliphatic carbocycles. The van der Waals surface area contributed by atoms with Gasteiger partial charge in [0.25, 0.3) is 0 Å². The summed E-state index contributed by atoms with van der Waals surface area (Å²) >= 11 is 0. The molecule has 1 aromatic carbocycles. The van der Waals surface area contributed by atoms with Crippen LogP contribution in [0.1, 0.15) is 11.6 Å². The SMILES string of the molecule is C=C/C=C\N1C(=O)OC[C@@H]1c1ccccc1. The van der Waals surface area contributed by atoms with E-state index in [-0.39, 0.29) is 12.1 Å². The van der Waals surface area contributed by atoms with Gasteiger partial charge in [-0.25, -0.2) is 4.79 Å². The molecule has 1 fully saturated rings. The molecule has 0 spiro atoms. The minimum Gasteiger partial charge on any atom is -0.447 e. The molecule has 0 bridgehead atoms. The van der Waals surface area contributed by atoms with Crippen molar-refractivity contribution in [1.82, 2.24) is 4.90 Å². The third kappa shape index (κ3) is 1.98. The van der Waals surface area contributed by atoms with E-state index in [1.54, 1.807) is 23.3 Å². The van der Waals surface area contributed by atoms with Gasteiger partial charge in [0.05, 0.1) is 6.04 Å². The Morgan fingerprint density at radius 2 is 2.12 bits per heavy atom. The van der Waals surface area contributed by atoms with Crippen molar-refractivity contribution in [2.75, 3.05) is 6.61 Å². The first-order valence-corrected chi connectivity index (χ1v) is 5.12. The van der Waals surface area contributed by atoms with Gasteiger partial charge in [-0.2, -0.15) is 0 Å². The zero-order chi connectivity index (χ0) is 11.4. The Bertz CT molecular complexity index is 411. The maximum Gasteiger partial charge on any atom is 0.414 e. The van der Waals surface area contributed by atoms with Crippen LogP contribution in [0.25, 0.3) is 0 Å². The van der Waals surface area contributed by atoms with Crippen LogP contribution in [0.3, 0.4) is 0 Å². The van der Waals surface area contributed by atoms with Crippen molar-refractivity contribution in [3.8, 4) is 0 Å². The minimum atomic E-state index is -0.313. The minimum absolute atomic E-state index is 0.0371. The molecule has 3 heteroatoms. The summed E-state index contributed by atoms with van der Waals surface area (Å²) < 4.78 is 5.03. The second-order valence-corrected chi connectivity index (χ2v) is 3.49. The van der Waals surface area contributed by atoms with Crippen molar-refractivity contribution in [2.45, 2.75) is 6.04 Å². The highest BCUT2D eigenvalue weighted by Gasteiger charge is 2.32. The molecule has 0 radical (unpaired) electrons. The number of allylic oxidation sites excluding steroid dienone is 2. The van der Waals surface area contributed by atoms with E-state index in [0.717, 1.165) is 5.56 Å². The van der Waals surface area contributed by atoms with Crippen molar-refractivity contribution < 1.29 is 9.53 Å². The molecule has 1 heterocycles. The maximum absolute atomic E-state index is 11.5. The van der Waals surface area contributed by atoms with Crippen LogP contribution < -0.4 is 0 Å². The van der Waals surface area contributed by atoms with Gasteiger partial charge in [0, 0.05) is 6.20 Å². The molecule has 16 heavy (non-hydrogen) atoms. The van der Waals surface area contributed by atoms with Crippen molar-refractivity contribution in [3.05, 3.63) is 60.8 Å². The average molecular weight is 215 g/mol. The van der Waals surface area contributed by atoms with Gasteiger partial charge in [-0.15, -0.1) is 0 Å². The predicted octanol–water partition coefficient (Wildman–Crippen LogP) is 2.88. The second-order valence-electron chi connectivity index (χ2n) is 3.49. The third-order valence-electron chi connectivity index (χ3n) is 2.48. The summed E-state index contributed by atoms with van der Waals surface area (Å²) in [6.07, 6.45) is 4.74. The Morgan fingerprint density at radius 1 is 1.38 bits per heavy atom. The number of carbonyl (C=O) groups is 1. The average Bonchev–Trinajstić information content (AvgIpc) is 2.69. The first kappa shape index (κ1) is 10.5. The lowest BCUT2D eigenvalue weighted by molar-refractivity contribution is 0.166. The van der Waals surface area contributed by atoms with Gasteiger partial charge in [0.2, 0.25) is 0 Å². The first-order chi connectivity index (χ1) is 7.83. The molecular formula is C13H13NO2. The standard InChI is InChI=1S/C13H13NO2/c1-2-3-9-14-12(10-16-13(14)15)11-7-5-4-6-8-11/h2-9,12H,1,10H2/b9-3-/t12-/m1/s1. The second kappa shape index (κ2) is 4.66. The predicted molar refractivity (Wildman–Crippen MR) is 61.7 cm³/mol. The number of amides is 1. The molecule has 0 aromatic heterocycles. The monoisotopic (exact) mass is 215 g/mol. The highest BCUT2D eigenvalue weighted by atomic mass is 16.6. The fourth-order valence-corrected chi connectivity index (χ4v) is 1.68. The molecule has 1 amide bonds. The lowest BCUT2D eigenvalue weighted by Crippen LogP contribution is -2.21. The highest BCUT2D eigenvalue weighted by Crippen LogP contribution is 2.27. The Morgan fingerprint density at radius 3 is 2.81 bits per heavy atom. The molecular weight excluding hydrogens is 202 g/mol. The fourth-order valence-electron chi connectivity index (χ4n) is 1.68. The molecule has 0 unspecified atom stereocenters. The number of hydrogen-bond donors (Lipinski definition) is 0. The van der Waals surface area contributed by atoms with Crippen LogP contribution in [0.2, 0.25) is 0 Å². The Balaban J connectivity index is 2.24. The largest absolute Gasteiger partial charge is 0.447 e. The Kier molecular flexibility index (Phi) is 3.05. The molecule has 82 valence electrons. The number of benzene rings is 1. The van der Waals surface area contributed by atoms with Gasteiger partial charge in [-0.3, -0.25) is 4.90 Å². The van der Waals surface area contributed by atoms with Crippen LogP contribution in [0.5, 0.6) is 0 Å². The lowest BCUT2D eigenvalue weighted by Gasteiger charge is -2.17. The van der Waals surface area contributed by atoms with Gasteiger partial charge in [-0.1, -0.05) is 43.0 Å². The quantitative estimate of drug-likeness (QED) is 0.725. The van der Waals surface area contributed by atoms with E-state index in [0.29, 0.717) is 6.61 Å². The van der Waals surface area contributed by atoms with E-state index in [1.807, 2.05) is 30.3 Å². The molecule has 3 nitrogen and oxygen atoms in total. The van der Waals surface area contributed by atoms with Crippen molar-refractivity contribution in [3.63, 3.8) is 0 Å². The van der Waals surface area contributed by atoms with Gasteiger partial charge in [0.1, 0.15) is 6.61 Å². The van der Waals surface area contributed by atoms with Crippen molar-refractivity contribution in [2.24, 2.45) is 0 Å². The molecule has 0 N–H and O–H groups in total. The summed E-state index contributed by atoms with van der Waals surface area (Å²) in [4.78, 5) is 13.1. The molecule has 1 atom stereocenters. The van der Waals surface area contributed by atoms with Gasteiger partial charge >= 0.3 is 6.09 Å². The summed E-state index contributed by atoms with van der Waals surface area (Å²) in [6, 6.07) is 9.79.